The van der Waals surface area contributed by atoms with Crippen molar-refractivity contribution in [3.63, 3.8) is 0 Å². The largest absolute Gasteiger partial charge is 0.474 e. The molecule has 0 saturated heterocycles. The molecule has 1 fully saturated rings. The fourth-order valence-corrected chi connectivity index (χ4v) is 6.15. The predicted octanol–water partition coefficient (Wildman–Crippen LogP) is 4.59. The van der Waals surface area contributed by atoms with Gasteiger partial charge >= 0.3 is 6.09 Å². The minimum absolute atomic E-state index is 0.0444. The average Bonchev–Trinajstić information content (AvgIpc) is 3.12. The summed E-state index contributed by atoms with van der Waals surface area (Å²) in [5.41, 5.74) is 6.18. The van der Waals surface area contributed by atoms with Gasteiger partial charge in [0.25, 0.3) is 0 Å². The van der Waals surface area contributed by atoms with E-state index in [1.807, 2.05) is 20.8 Å². The molecule has 0 aliphatic heterocycles. The maximum absolute atomic E-state index is 12.1. The van der Waals surface area contributed by atoms with Crippen molar-refractivity contribution in [2.75, 3.05) is 0 Å². The Morgan fingerprint density at radius 1 is 1.18 bits per heavy atom. The number of thiophene rings is 1. The number of hydrogen-bond acceptors (Lipinski definition) is 7. The van der Waals surface area contributed by atoms with E-state index < -0.39 is 5.60 Å². The predicted molar refractivity (Wildman–Crippen MR) is 128 cm³/mol. The number of nitrogens with one attached hydrogen (secondary N) is 1. The van der Waals surface area contributed by atoms with Crippen LogP contribution in [0.3, 0.4) is 0 Å². The normalized spacial score (nSPS) is 23.1. The number of carbonyl (C=O) groups is 2. The van der Waals surface area contributed by atoms with Gasteiger partial charge in [-0.05, 0) is 83.6 Å². The number of hydrogen-bond donors (Lipinski definition) is 2. The van der Waals surface area contributed by atoms with E-state index in [0.717, 1.165) is 61.6 Å². The van der Waals surface area contributed by atoms with Crippen molar-refractivity contribution in [1.29, 1.82) is 0 Å². The van der Waals surface area contributed by atoms with Gasteiger partial charge in [0, 0.05) is 17.3 Å². The van der Waals surface area contributed by atoms with Crippen molar-refractivity contribution in [1.82, 2.24) is 15.3 Å². The van der Waals surface area contributed by atoms with Gasteiger partial charge in [-0.25, -0.2) is 14.8 Å². The quantitative estimate of drug-likeness (QED) is 0.632. The molecule has 2 aliphatic rings. The Hall–Kier alpha value is -2.42. The van der Waals surface area contributed by atoms with Gasteiger partial charge in [0.05, 0.1) is 5.39 Å². The SMILES string of the molecule is CC(C)(C)OC(=O)N[C@H]1CC[C@H](Oc2ncnc3sc4c(c23)[C@@H](CCC(N)=O)CCC4)CC1. The van der Waals surface area contributed by atoms with Crippen molar-refractivity contribution >= 4 is 33.6 Å². The summed E-state index contributed by atoms with van der Waals surface area (Å²) in [6.07, 6.45) is 8.93. The number of carbonyl (C=O) groups excluding carboxylic acids is 2. The van der Waals surface area contributed by atoms with Gasteiger partial charge in [-0.15, -0.1) is 11.3 Å². The number of rotatable bonds is 6. The number of primary amides is 1. The fraction of sp³-hybridized carbons (Fsp3) is 0.667. The first kappa shape index (κ1) is 23.7. The Kier molecular flexibility index (Phi) is 7.07. The molecule has 2 aromatic rings. The number of ether oxygens (including phenoxy) is 2. The smallest absolute Gasteiger partial charge is 0.407 e. The van der Waals surface area contributed by atoms with Gasteiger partial charge in [-0.2, -0.15) is 0 Å². The second-order valence-corrected chi connectivity index (χ2v) is 11.2. The van der Waals surface area contributed by atoms with Crippen LogP contribution < -0.4 is 15.8 Å². The van der Waals surface area contributed by atoms with Crippen molar-refractivity contribution in [3.05, 3.63) is 16.8 Å². The van der Waals surface area contributed by atoms with E-state index in [4.69, 9.17) is 15.2 Å². The molecule has 33 heavy (non-hydrogen) atoms. The summed E-state index contributed by atoms with van der Waals surface area (Å²) >= 11 is 1.72. The molecule has 8 nitrogen and oxygen atoms in total. The van der Waals surface area contributed by atoms with E-state index in [1.54, 1.807) is 17.7 Å². The number of nitrogens with two attached hydrogens (primary N) is 1. The second kappa shape index (κ2) is 9.83. The summed E-state index contributed by atoms with van der Waals surface area (Å²) in [5.74, 6) is 0.676. The van der Waals surface area contributed by atoms with Gasteiger partial charge < -0.3 is 20.5 Å². The molecule has 4 rings (SSSR count). The van der Waals surface area contributed by atoms with E-state index in [0.29, 0.717) is 12.3 Å². The molecular formula is C24H34N4O4S. The third kappa shape index (κ3) is 5.93. The van der Waals surface area contributed by atoms with Crippen LogP contribution in [0.1, 0.15) is 88.5 Å². The van der Waals surface area contributed by atoms with E-state index in [9.17, 15) is 9.59 Å². The maximum Gasteiger partial charge on any atom is 0.407 e. The van der Waals surface area contributed by atoms with Crippen LogP contribution in [-0.2, 0) is 16.0 Å². The van der Waals surface area contributed by atoms with Crippen LogP contribution in [0, 0.1) is 0 Å². The lowest BCUT2D eigenvalue weighted by Crippen LogP contribution is -2.42. The summed E-state index contributed by atoms with van der Waals surface area (Å²) in [5, 5.41) is 3.99. The average molecular weight is 475 g/mol. The lowest BCUT2D eigenvalue weighted by atomic mass is 9.83. The minimum atomic E-state index is -0.502. The topological polar surface area (TPSA) is 116 Å². The van der Waals surface area contributed by atoms with Gasteiger partial charge in [0.15, 0.2) is 0 Å². The Balaban J connectivity index is 1.44. The molecule has 2 heterocycles. The molecular weight excluding hydrogens is 440 g/mol. The lowest BCUT2D eigenvalue weighted by Gasteiger charge is -2.30. The Labute approximate surface area is 198 Å². The maximum atomic E-state index is 12.1. The third-order valence-corrected chi connectivity index (χ3v) is 7.52. The van der Waals surface area contributed by atoms with Crippen molar-refractivity contribution < 1.29 is 19.1 Å². The highest BCUT2D eigenvalue weighted by atomic mass is 32.1. The second-order valence-electron chi connectivity index (χ2n) is 10.1. The monoisotopic (exact) mass is 474 g/mol. The number of amides is 2. The van der Waals surface area contributed by atoms with E-state index >= 15 is 0 Å². The number of nitrogens with zero attached hydrogens (tertiary/aromatic N) is 2. The van der Waals surface area contributed by atoms with Gasteiger partial charge in [0.1, 0.15) is 22.9 Å². The Morgan fingerprint density at radius 2 is 1.94 bits per heavy atom. The van der Waals surface area contributed by atoms with Crippen molar-refractivity contribution in [3.8, 4) is 5.88 Å². The number of aromatic nitrogens is 2. The zero-order valence-corrected chi connectivity index (χ0v) is 20.5. The van der Waals surface area contributed by atoms with Crippen LogP contribution in [0.15, 0.2) is 6.33 Å². The van der Waals surface area contributed by atoms with Gasteiger partial charge in [0.2, 0.25) is 11.8 Å². The number of alkyl carbamates (subject to hydrolysis) is 1. The Morgan fingerprint density at radius 3 is 2.64 bits per heavy atom. The van der Waals surface area contributed by atoms with E-state index in [-0.39, 0.29) is 30.1 Å². The van der Waals surface area contributed by atoms with Crippen molar-refractivity contribution in [2.24, 2.45) is 5.73 Å². The molecule has 0 radical (unpaired) electrons. The molecule has 1 saturated carbocycles. The minimum Gasteiger partial charge on any atom is -0.474 e. The first-order valence-electron chi connectivity index (χ1n) is 11.9. The van der Waals surface area contributed by atoms with E-state index in [2.05, 4.69) is 15.3 Å². The summed E-state index contributed by atoms with van der Waals surface area (Å²) in [7, 11) is 0. The van der Waals surface area contributed by atoms with Crippen LogP contribution in [0.5, 0.6) is 5.88 Å². The van der Waals surface area contributed by atoms with Gasteiger partial charge in [-0.3, -0.25) is 4.79 Å². The highest BCUT2D eigenvalue weighted by molar-refractivity contribution is 7.18. The molecule has 1 atom stereocenters. The van der Waals surface area contributed by atoms with Crippen LogP contribution in [0.25, 0.3) is 10.2 Å². The molecule has 0 unspecified atom stereocenters. The van der Waals surface area contributed by atoms with Crippen LogP contribution in [0.4, 0.5) is 4.79 Å². The summed E-state index contributed by atoms with van der Waals surface area (Å²) in [6, 6.07) is 0.0946. The lowest BCUT2D eigenvalue weighted by molar-refractivity contribution is -0.118. The first-order chi connectivity index (χ1) is 15.7. The summed E-state index contributed by atoms with van der Waals surface area (Å²) in [4.78, 5) is 34.8. The molecule has 0 bridgehead atoms. The molecule has 0 spiro atoms. The van der Waals surface area contributed by atoms with Crippen LogP contribution >= 0.6 is 11.3 Å². The zero-order valence-electron chi connectivity index (χ0n) is 19.7. The molecule has 2 amide bonds. The molecule has 3 N–H and O–H groups in total. The third-order valence-electron chi connectivity index (χ3n) is 6.34. The number of aryl methyl sites for hydroxylation is 1. The van der Waals surface area contributed by atoms with Crippen LogP contribution in [-0.4, -0.2) is 39.7 Å². The molecule has 2 aromatic heterocycles. The van der Waals surface area contributed by atoms with E-state index in [1.165, 1.54) is 10.4 Å². The molecule has 180 valence electrons. The highest BCUT2D eigenvalue weighted by Gasteiger charge is 2.30. The first-order valence-corrected chi connectivity index (χ1v) is 12.7. The standard InChI is InChI=1S/C24H34N4O4S/c1-24(2,3)32-23(30)28-15-8-10-16(11-9-15)31-21-20-19-14(7-12-18(25)29)5-4-6-17(19)33-22(20)27-13-26-21/h13-16H,4-12H2,1-3H3,(H2,25,29)(H,28,30)/t14-,15-,16-/m1/s1. The van der Waals surface area contributed by atoms with Gasteiger partial charge in [-0.1, -0.05) is 0 Å². The van der Waals surface area contributed by atoms with Crippen LogP contribution in [0.2, 0.25) is 0 Å². The zero-order chi connectivity index (χ0) is 23.6. The molecule has 2 aliphatic carbocycles. The molecule has 0 aromatic carbocycles. The molecule has 9 heteroatoms. The summed E-state index contributed by atoms with van der Waals surface area (Å²) in [6.45, 7) is 5.59. The summed E-state index contributed by atoms with van der Waals surface area (Å²) < 4.78 is 11.8. The van der Waals surface area contributed by atoms with Crippen molar-refractivity contribution in [2.45, 2.75) is 102 Å². The Bertz CT molecular complexity index is 1010. The highest BCUT2D eigenvalue weighted by Crippen LogP contribution is 2.46. The number of fused-ring (bicyclic) bond motifs is 3. The fourth-order valence-electron chi connectivity index (χ4n) is 4.90.